The van der Waals surface area contributed by atoms with Gasteiger partial charge in [0.1, 0.15) is 0 Å². The van der Waals surface area contributed by atoms with Crippen molar-refractivity contribution in [2.24, 2.45) is 0 Å². The lowest BCUT2D eigenvalue weighted by Gasteiger charge is -1.94. The summed E-state index contributed by atoms with van der Waals surface area (Å²) in [5.41, 5.74) is 10.3. The Kier molecular flexibility index (Phi) is 5.21. The molecule has 1 nitrogen and oxygen atoms in total. The number of nitrogens with two attached hydrogens (primary N) is 1. The molecular formula is C22H14IN. The average molecular weight is 419 g/mol. The highest BCUT2D eigenvalue weighted by atomic mass is 127. The second-order valence-corrected chi connectivity index (χ2v) is 6.45. The molecular weight excluding hydrogens is 405 g/mol. The number of rotatable bonds is 0. The van der Waals surface area contributed by atoms with Crippen LogP contribution in [-0.2, 0) is 0 Å². The zero-order valence-corrected chi connectivity index (χ0v) is 15.0. The maximum atomic E-state index is 5.67. The van der Waals surface area contributed by atoms with Crippen molar-refractivity contribution in [3.8, 4) is 23.7 Å². The van der Waals surface area contributed by atoms with Crippen LogP contribution in [-0.4, -0.2) is 0 Å². The van der Waals surface area contributed by atoms with Crippen LogP contribution in [0.4, 0.5) is 5.69 Å². The lowest BCUT2D eigenvalue weighted by atomic mass is 10.1. The molecule has 0 atom stereocenters. The largest absolute Gasteiger partial charge is 0.399 e. The van der Waals surface area contributed by atoms with Crippen LogP contribution in [0.5, 0.6) is 0 Å². The van der Waals surface area contributed by atoms with Crippen LogP contribution in [0, 0.1) is 27.3 Å². The first-order valence-corrected chi connectivity index (χ1v) is 8.52. The topological polar surface area (TPSA) is 26.0 Å². The minimum Gasteiger partial charge on any atom is -0.399 e. The lowest BCUT2D eigenvalue weighted by Crippen LogP contribution is -1.83. The number of anilines is 1. The molecule has 0 fully saturated rings. The highest BCUT2D eigenvalue weighted by Gasteiger charge is 1.91. The summed E-state index contributed by atoms with van der Waals surface area (Å²) in [7, 11) is 0. The van der Waals surface area contributed by atoms with Gasteiger partial charge in [0.25, 0.3) is 0 Å². The van der Waals surface area contributed by atoms with Gasteiger partial charge < -0.3 is 5.73 Å². The second kappa shape index (κ2) is 7.73. The summed E-state index contributed by atoms with van der Waals surface area (Å²) >= 11 is 2.29. The average Bonchev–Trinajstić information content (AvgIpc) is 2.62. The van der Waals surface area contributed by atoms with Gasteiger partial charge in [-0.15, -0.1) is 0 Å². The Hall–Kier alpha value is -2.69. The van der Waals surface area contributed by atoms with E-state index in [9.17, 15) is 0 Å². The van der Waals surface area contributed by atoms with Crippen molar-refractivity contribution in [3.05, 3.63) is 98.6 Å². The number of hydrogen-bond donors (Lipinski definition) is 1. The number of nitrogen functional groups attached to an aromatic ring is 1. The van der Waals surface area contributed by atoms with E-state index in [-0.39, 0.29) is 0 Å². The van der Waals surface area contributed by atoms with Crippen molar-refractivity contribution in [3.63, 3.8) is 0 Å². The molecule has 3 aromatic carbocycles. The maximum Gasteiger partial charge on any atom is 0.0314 e. The Morgan fingerprint density at radius 3 is 1.17 bits per heavy atom. The molecule has 0 radical (unpaired) electrons. The van der Waals surface area contributed by atoms with E-state index in [2.05, 4.69) is 58.4 Å². The summed E-state index contributed by atoms with van der Waals surface area (Å²) in [6, 6.07) is 23.7. The molecule has 0 aliphatic heterocycles. The molecule has 3 rings (SSSR count). The van der Waals surface area contributed by atoms with Crippen LogP contribution in [0.3, 0.4) is 0 Å². The van der Waals surface area contributed by atoms with Crippen LogP contribution >= 0.6 is 22.6 Å². The van der Waals surface area contributed by atoms with Crippen LogP contribution in [0.15, 0.2) is 72.8 Å². The summed E-state index contributed by atoms with van der Waals surface area (Å²) in [6.45, 7) is 0. The predicted octanol–water partition coefficient (Wildman–Crippen LogP) is 4.67. The SMILES string of the molecule is Nc1ccc(C#Cc2ccc(C#Cc3ccc(I)cc3)cc2)cc1. The van der Waals surface area contributed by atoms with E-state index in [0.29, 0.717) is 0 Å². The van der Waals surface area contributed by atoms with E-state index in [1.54, 1.807) is 0 Å². The number of halogens is 1. The first-order valence-electron chi connectivity index (χ1n) is 7.44. The molecule has 0 bridgehead atoms. The first kappa shape index (κ1) is 16.2. The molecule has 24 heavy (non-hydrogen) atoms. The molecule has 2 heteroatoms. The van der Waals surface area contributed by atoms with Gasteiger partial charge in [-0.1, -0.05) is 23.7 Å². The molecule has 0 unspecified atom stereocenters. The maximum absolute atomic E-state index is 5.67. The summed E-state index contributed by atoms with van der Waals surface area (Å²) in [5, 5.41) is 0. The molecule has 0 aliphatic carbocycles. The van der Waals surface area contributed by atoms with Crippen LogP contribution in [0.1, 0.15) is 22.3 Å². The second-order valence-electron chi connectivity index (χ2n) is 5.21. The van der Waals surface area contributed by atoms with Gasteiger partial charge in [-0.2, -0.15) is 0 Å². The fourth-order valence-electron chi connectivity index (χ4n) is 2.03. The molecule has 0 saturated heterocycles. The summed E-state index contributed by atoms with van der Waals surface area (Å²) in [5.74, 6) is 12.6. The number of benzene rings is 3. The fraction of sp³-hybridized carbons (Fsp3) is 0. The summed E-state index contributed by atoms with van der Waals surface area (Å²) in [6.07, 6.45) is 0. The Morgan fingerprint density at radius 1 is 0.500 bits per heavy atom. The zero-order valence-electron chi connectivity index (χ0n) is 12.9. The number of hydrogen-bond acceptors (Lipinski definition) is 1. The smallest absolute Gasteiger partial charge is 0.0314 e. The van der Waals surface area contributed by atoms with Gasteiger partial charge in [0.15, 0.2) is 0 Å². The summed E-state index contributed by atoms with van der Waals surface area (Å²) < 4.78 is 1.21. The van der Waals surface area contributed by atoms with Crippen molar-refractivity contribution < 1.29 is 0 Å². The van der Waals surface area contributed by atoms with Gasteiger partial charge in [0.2, 0.25) is 0 Å². The minimum atomic E-state index is 0.747. The lowest BCUT2D eigenvalue weighted by molar-refractivity contribution is 1.58. The molecule has 0 saturated carbocycles. The van der Waals surface area contributed by atoms with Crippen molar-refractivity contribution >= 4 is 28.3 Å². The quantitative estimate of drug-likeness (QED) is 0.320. The van der Waals surface area contributed by atoms with E-state index >= 15 is 0 Å². The van der Waals surface area contributed by atoms with Crippen molar-refractivity contribution in [2.75, 3.05) is 5.73 Å². The standard InChI is InChI=1S/C22H14IN/c23-21-13-9-19(10-14-21)7-5-17-1-3-18(4-2-17)6-8-20-11-15-22(24)16-12-20/h1-4,9-16H,24H2. The van der Waals surface area contributed by atoms with Crippen molar-refractivity contribution in [1.82, 2.24) is 0 Å². The third kappa shape index (κ3) is 4.65. The Morgan fingerprint density at radius 2 is 0.792 bits per heavy atom. The highest BCUT2D eigenvalue weighted by Crippen LogP contribution is 2.07. The third-order valence-electron chi connectivity index (χ3n) is 3.34. The molecule has 114 valence electrons. The molecule has 0 amide bonds. The van der Waals surface area contributed by atoms with E-state index in [4.69, 9.17) is 5.73 Å². The highest BCUT2D eigenvalue weighted by molar-refractivity contribution is 14.1. The first-order chi connectivity index (χ1) is 11.7. The Labute approximate surface area is 156 Å². The van der Waals surface area contributed by atoms with E-state index in [1.165, 1.54) is 3.57 Å². The fourth-order valence-corrected chi connectivity index (χ4v) is 2.38. The van der Waals surface area contributed by atoms with Gasteiger partial charge in [-0.3, -0.25) is 0 Å². The van der Waals surface area contributed by atoms with E-state index < -0.39 is 0 Å². The molecule has 0 spiro atoms. The Balaban J connectivity index is 1.72. The zero-order chi connectivity index (χ0) is 16.8. The molecule has 0 heterocycles. The van der Waals surface area contributed by atoms with Gasteiger partial charge >= 0.3 is 0 Å². The Bertz CT molecular complexity index is 863. The molecule has 2 N–H and O–H groups in total. The normalized spacial score (nSPS) is 9.38. The molecule has 0 aromatic heterocycles. The van der Waals surface area contributed by atoms with Crippen molar-refractivity contribution in [2.45, 2.75) is 0 Å². The van der Waals surface area contributed by atoms with Crippen LogP contribution in [0.2, 0.25) is 0 Å². The molecule has 0 aliphatic rings. The predicted molar refractivity (Wildman–Crippen MR) is 108 cm³/mol. The minimum absolute atomic E-state index is 0.747. The van der Waals surface area contributed by atoms with Crippen molar-refractivity contribution in [1.29, 1.82) is 0 Å². The van der Waals surface area contributed by atoms with Crippen LogP contribution in [0.25, 0.3) is 0 Å². The van der Waals surface area contributed by atoms with E-state index in [0.717, 1.165) is 27.9 Å². The molecule has 3 aromatic rings. The van der Waals surface area contributed by atoms with Gasteiger partial charge in [0.05, 0.1) is 0 Å². The van der Waals surface area contributed by atoms with E-state index in [1.807, 2.05) is 60.7 Å². The van der Waals surface area contributed by atoms with Gasteiger partial charge in [-0.25, -0.2) is 0 Å². The van der Waals surface area contributed by atoms with Gasteiger partial charge in [-0.05, 0) is 95.4 Å². The van der Waals surface area contributed by atoms with Crippen LogP contribution < -0.4 is 5.73 Å². The summed E-state index contributed by atoms with van der Waals surface area (Å²) in [4.78, 5) is 0. The van der Waals surface area contributed by atoms with Gasteiger partial charge in [0, 0.05) is 31.5 Å². The third-order valence-corrected chi connectivity index (χ3v) is 4.06. The monoisotopic (exact) mass is 419 g/mol.